The Hall–Kier alpha value is -1.30. The number of unbranched alkanes of at least 4 members (excludes halogenated alkanes) is 1. The second-order valence-corrected chi connectivity index (χ2v) is 5.35. The van der Waals surface area contributed by atoms with Crippen LogP contribution in [0.25, 0.3) is 0 Å². The third-order valence-electron chi connectivity index (χ3n) is 2.24. The van der Waals surface area contributed by atoms with E-state index in [9.17, 15) is 14.7 Å². The van der Waals surface area contributed by atoms with Crippen LogP contribution in [0.2, 0.25) is 0 Å². The highest BCUT2D eigenvalue weighted by molar-refractivity contribution is 5.72. The molecule has 0 saturated carbocycles. The van der Waals surface area contributed by atoms with Crippen LogP contribution >= 0.6 is 0 Å². The van der Waals surface area contributed by atoms with Crippen LogP contribution in [0.5, 0.6) is 0 Å². The van der Waals surface area contributed by atoms with Crippen LogP contribution in [0, 0.1) is 0 Å². The first kappa shape index (κ1) is 17.7. The number of aliphatic hydroxyl groups is 1. The predicted molar refractivity (Wildman–Crippen MR) is 70.5 cm³/mol. The molecule has 112 valence electrons. The maximum Gasteiger partial charge on any atom is 0.412 e. The predicted octanol–water partition coefficient (Wildman–Crippen LogP) is 1.91. The Balaban J connectivity index is 4.15. The van der Waals surface area contributed by atoms with E-state index in [1.807, 2.05) is 6.92 Å². The van der Waals surface area contributed by atoms with Crippen molar-refractivity contribution in [1.29, 1.82) is 0 Å². The van der Waals surface area contributed by atoms with Gasteiger partial charge in [0, 0.05) is 7.05 Å². The molecule has 1 atom stereocenters. The van der Waals surface area contributed by atoms with Gasteiger partial charge in [-0.05, 0) is 27.2 Å². The van der Waals surface area contributed by atoms with Crippen molar-refractivity contribution in [3.05, 3.63) is 0 Å². The molecule has 6 nitrogen and oxygen atoms in total. The van der Waals surface area contributed by atoms with Crippen molar-refractivity contribution < 1.29 is 24.2 Å². The van der Waals surface area contributed by atoms with Gasteiger partial charge in [0.25, 0.3) is 0 Å². The number of carbonyl (C=O) groups excluding carboxylic acids is 2. The fourth-order valence-corrected chi connectivity index (χ4v) is 1.13. The van der Waals surface area contributed by atoms with Crippen molar-refractivity contribution in [2.75, 3.05) is 13.7 Å². The van der Waals surface area contributed by atoms with Gasteiger partial charge < -0.3 is 14.6 Å². The summed E-state index contributed by atoms with van der Waals surface area (Å²) in [4.78, 5) is 24.0. The molecule has 6 heteroatoms. The molecule has 0 saturated heterocycles. The molecule has 0 heterocycles. The molecular formula is C13H25NO5. The van der Waals surface area contributed by atoms with Gasteiger partial charge in [-0.2, -0.15) is 0 Å². The van der Waals surface area contributed by atoms with Gasteiger partial charge in [0.15, 0.2) is 0 Å². The molecule has 0 rings (SSSR count). The Labute approximate surface area is 114 Å². The van der Waals surface area contributed by atoms with Gasteiger partial charge in [0.1, 0.15) is 11.8 Å². The van der Waals surface area contributed by atoms with Gasteiger partial charge in [-0.3, -0.25) is 9.69 Å². The van der Waals surface area contributed by atoms with Crippen molar-refractivity contribution >= 4 is 12.1 Å². The largest absolute Gasteiger partial charge is 0.466 e. The summed E-state index contributed by atoms with van der Waals surface area (Å²) < 4.78 is 9.98. The Morgan fingerprint density at radius 2 is 1.89 bits per heavy atom. The molecule has 0 spiro atoms. The van der Waals surface area contributed by atoms with E-state index >= 15 is 0 Å². The molecule has 0 aliphatic carbocycles. The van der Waals surface area contributed by atoms with E-state index in [0.717, 1.165) is 17.7 Å². The van der Waals surface area contributed by atoms with Crippen LogP contribution in [-0.2, 0) is 14.3 Å². The third-order valence-corrected chi connectivity index (χ3v) is 2.24. The van der Waals surface area contributed by atoms with Crippen molar-refractivity contribution in [3.8, 4) is 0 Å². The van der Waals surface area contributed by atoms with E-state index in [-0.39, 0.29) is 6.42 Å². The molecule has 0 aromatic carbocycles. The lowest BCUT2D eigenvalue weighted by Gasteiger charge is -2.27. The molecule has 0 radical (unpaired) electrons. The summed E-state index contributed by atoms with van der Waals surface area (Å²) >= 11 is 0. The molecule has 0 aliphatic rings. The van der Waals surface area contributed by atoms with E-state index in [0.29, 0.717) is 6.61 Å². The lowest BCUT2D eigenvalue weighted by molar-refractivity contribution is -0.148. The summed E-state index contributed by atoms with van der Waals surface area (Å²) in [5.41, 5.74) is -0.646. The summed E-state index contributed by atoms with van der Waals surface area (Å²) in [6.07, 6.45) is -0.484. The number of aliphatic hydroxyl groups excluding tert-OH is 1. The number of esters is 1. The number of hydrogen-bond acceptors (Lipinski definition) is 5. The lowest BCUT2D eigenvalue weighted by atomic mass is 10.2. The average molecular weight is 275 g/mol. The first-order valence-electron chi connectivity index (χ1n) is 6.47. The molecule has 0 aliphatic heterocycles. The van der Waals surface area contributed by atoms with E-state index in [1.54, 1.807) is 20.8 Å². The van der Waals surface area contributed by atoms with Crippen molar-refractivity contribution in [2.45, 2.75) is 58.8 Å². The van der Waals surface area contributed by atoms with E-state index in [1.165, 1.54) is 7.05 Å². The summed E-state index contributed by atoms with van der Waals surface area (Å²) in [6.45, 7) is 7.50. The van der Waals surface area contributed by atoms with Crippen molar-refractivity contribution in [1.82, 2.24) is 4.90 Å². The highest BCUT2D eigenvalue weighted by Crippen LogP contribution is 2.11. The highest BCUT2D eigenvalue weighted by atomic mass is 16.6. The zero-order valence-corrected chi connectivity index (χ0v) is 12.4. The zero-order chi connectivity index (χ0) is 15.1. The molecule has 0 fully saturated rings. The number of hydrogen-bond donors (Lipinski definition) is 1. The Bertz CT molecular complexity index is 298. The summed E-state index contributed by atoms with van der Waals surface area (Å²) in [6, 6.07) is 0. The van der Waals surface area contributed by atoms with Crippen LogP contribution in [0.4, 0.5) is 4.79 Å². The summed E-state index contributed by atoms with van der Waals surface area (Å²) in [5, 5.41) is 9.74. The quantitative estimate of drug-likeness (QED) is 0.455. The molecule has 1 N–H and O–H groups in total. The molecule has 0 bridgehead atoms. The minimum absolute atomic E-state index is 0.264. The standard InChI is InChI=1S/C13H25NO5/c1-6-7-8-18-11(16)9-10(15)14(5)12(17)19-13(2,3)4/h10,15H,6-9H2,1-5H3. The van der Waals surface area contributed by atoms with Crippen molar-refractivity contribution in [2.24, 2.45) is 0 Å². The number of nitrogens with zero attached hydrogens (tertiary/aromatic N) is 1. The fourth-order valence-electron chi connectivity index (χ4n) is 1.13. The maximum absolute atomic E-state index is 11.6. The summed E-state index contributed by atoms with van der Waals surface area (Å²) in [7, 11) is 1.37. The van der Waals surface area contributed by atoms with Gasteiger partial charge in [0.05, 0.1) is 13.0 Å². The Morgan fingerprint density at radius 3 is 2.37 bits per heavy atom. The van der Waals surface area contributed by atoms with Crippen LogP contribution in [0.3, 0.4) is 0 Å². The first-order chi connectivity index (χ1) is 8.67. The first-order valence-corrected chi connectivity index (χ1v) is 6.47. The number of carbonyl (C=O) groups is 2. The number of amides is 1. The molecule has 0 aromatic rings. The second kappa shape index (κ2) is 7.99. The zero-order valence-electron chi connectivity index (χ0n) is 12.4. The third kappa shape index (κ3) is 8.42. The fraction of sp³-hybridized carbons (Fsp3) is 0.846. The number of ether oxygens (including phenoxy) is 2. The monoisotopic (exact) mass is 275 g/mol. The van der Waals surface area contributed by atoms with Crippen LogP contribution in [-0.4, -0.2) is 47.6 Å². The maximum atomic E-state index is 11.6. The van der Waals surface area contributed by atoms with Gasteiger partial charge in [0.2, 0.25) is 0 Å². The van der Waals surface area contributed by atoms with Gasteiger partial charge >= 0.3 is 12.1 Å². The topological polar surface area (TPSA) is 76.1 Å². The van der Waals surface area contributed by atoms with Gasteiger partial charge in [-0.1, -0.05) is 13.3 Å². The average Bonchev–Trinajstić information content (AvgIpc) is 2.25. The Morgan fingerprint density at radius 1 is 1.32 bits per heavy atom. The van der Waals surface area contributed by atoms with E-state index in [4.69, 9.17) is 9.47 Å². The summed E-state index contributed by atoms with van der Waals surface area (Å²) in [5.74, 6) is -0.531. The minimum Gasteiger partial charge on any atom is -0.466 e. The lowest BCUT2D eigenvalue weighted by Crippen LogP contribution is -2.41. The van der Waals surface area contributed by atoms with Crippen LogP contribution < -0.4 is 0 Å². The molecule has 19 heavy (non-hydrogen) atoms. The normalized spacial score (nSPS) is 12.7. The minimum atomic E-state index is -1.25. The smallest absolute Gasteiger partial charge is 0.412 e. The van der Waals surface area contributed by atoms with Crippen molar-refractivity contribution in [3.63, 3.8) is 0 Å². The molecule has 1 amide bonds. The van der Waals surface area contributed by atoms with Crippen LogP contribution in [0.15, 0.2) is 0 Å². The van der Waals surface area contributed by atoms with Gasteiger partial charge in [-0.15, -0.1) is 0 Å². The number of rotatable bonds is 6. The Kier molecular flexibility index (Phi) is 7.44. The van der Waals surface area contributed by atoms with E-state index < -0.39 is 23.9 Å². The van der Waals surface area contributed by atoms with E-state index in [2.05, 4.69) is 0 Å². The molecule has 0 aromatic heterocycles. The molecular weight excluding hydrogens is 250 g/mol. The molecule has 1 unspecified atom stereocenters. The van der Waals surface area contributed by atoms with Crippen LogP contribution in [0.1, 0.15) is 47.0 Å². The highest BCUT2D eigenvalue weighted by Gasteiger charge is 2.25. The second-order valence-electron chi connectivity index (χ2n) is 5.35. The SMILES string of the molecule is CCCCOC(=O)CC(O)N(C)C(=O)OC(C)(C)C. The van der Waals surface area contributed by atoms with Gasteiger partial charge in [-0.25, -0.2) is 4.79 Å².